The van der Waals surface area contributed by atoms with Crippen molar-refractivity contribution in [3.05, 3.63) is 28.0 Å². The molecular weight excluding hydrogens is 313 g/mol. The van der Waals surface area contributed by atoms with Crippen LogP contribution in [0.3, 0.4) is 0 Å². The number of nitrogens with two attached hydrogens (primary N) is 1. The molecule has 0 fully saturated rings. The third-order valence-electron chi connectivity index (χ3n) is 2.65. The lowest BCUT2D eigenvalue weighted by molar-refractivity contribution is 0.0952. The highest BCUT2D eigenvalue weighted by Crippen LogP contribution is 2.22. The summed E-state index contributed by atoms with van der Waals surface area (Å²) in [6.45, 7) is 1.58. The second kappa shape index (κ2) is 7.45. The Morgan fingerprint density at radius 1 is 1.42 bits per heavy atom. The fourth-order valence-electron chi connectivity index (χ4n) is 1.59. The van der Waals surface area contributed by atoms with Gasteiger partial charge in [0.15, 0.2) is 0 Å². The van der Waals surface area contributed by atoms with Crippen molar-refractivity contribution >= 4 is 27.5 Å². The van der Waals surface area contributed by atoms with E-state index < -0.39 is 5.82 Å². The summed E-state index contributed by atoms with van der Waals surface area (Å²) in [5.41, 5.74) is 5.78. The number of unbranched alkanes of at least 4 members (excludes halogenated alkanes) is 1. The van der Waals surface area contributed by atoms with Crippen molar-refractivity contribution < 1.29 is 9.18 Å². The highest BCUT2D eigenvalue weighted by atomic mass is 79.9. The van der Waals surface area contributed by atoms with E-state index in [1.807, 2.05) is 14.1 Å². The number of hydrogen-bond donors (Lipinski definition) is 2. The van der Waals surface area contributed by atoms with E-state index in [-0.39, 0.29) is 11.6 Å². The van der Waals surface area contributed by atoms with Gasteiger partial charge in [0.2, 0.25) is 0 Å². The Bertz CT molecular complexity index is 452. The molecule has 0 saturated carbocycles. The molecule has 0 aromatic heterocycles. The molecule has 0 radical (unpaired) electrons. The van der Waals surface area contributed by atoms with Crippen LogP contribution < -0.4 is 11.1 Å². The molecule has 0 aliphatic carbocycles. The zero-order valence-electron chi connectivity index (χ0n) is 11.2. The van der Waals surface area contributed by atoms with Crippen molar-refractivity contribution in [3.63, 3.8) is 0 Å². The van der Waals surface area contributed by atoms with Gasteiger partial charge in [-0.25, -0.2) is 4.39 Å². The number of nitrogen functional groups attached to an aromatic ring is 1. The largest absolute Gasteiger partial charge is 0.396 e. The average molecular weight is 332 g/mol. The standard InChI is InChI=1S/C13H19BrFN3O/c1-18(2)6-4-3-5-17-13(19)9-7-12(16)11(15)8-10(9)14/h7-8H,3-6,16H2,1-2H3,(H,17,19). The van der Waals surface area contributed by atoms with Crippen molar-refractivity contribution in [1.82, 2.24) is 10.2 Å². The number of halogens is 2. The normalized spacial score (nSPS) is 10.8. The summed E-state index contributed by atoms with van der Waals surface area (Å²) >= 11 is 3.16. The van der Waals surface area contributed by atoms with Gasteiger partial charge >= 0.3 is 0 Å². The summed E-state index contributed by atoms with van der Waals surface area (Å²) < 4.78 is 13.6. The maximum Gasteiger partial charge on any atom is 0.252 e. The molecule has 0 bridgehead atoms. The minimum Gasteiger partial charge on any atom is -0.396 e. The van der Waals surface area contributed by atoms with Gasteiger partial charge in [0, 0.05) is 11.0 Å². The van der Waals surface area contributed by atoms with Gasteiger partial charge in [0.1, 0.15) is 5.82 Å². The molecule has 0 aliphatic rings. The first kappa shape index (κ1) is 15.9. The van der Waals surface area contributed by atoms with Gasteiger partial charge in [-0.15, -0.1) is 0 Å². The van der Waals surface area contributed by atoms with Crippen LogP contribution in [0.1, 0.15) is 23.2 Å². The summed E-state index contributed by atoms with van der Waals surface area (Å²) in [6, 6.07) is 2.55. The van der Waals surface area contributed by atoms with Crippen molar-refractivity contribution in [3.8, 4) is 0 Å². The molecule has 0 aliphatic heterocycles. The Balaban J connectivity index is 2.48. The summed E-state index contributed by atoms with van der Waals surface area (Å²) in [4.78, 5) is 14.0. The number of benzene rings is 1. The molecule has 1 aromatic carbocycles. The Morgan fingerprint density at radius 2 is 2.11 bits per heavy atom. The number of carbonyl (C=O) groups is 1. The van der Waals surface area contributed by atoms with E-state index in [4.69, 9.17) is 5.73 Å². The molecule has 19 heavy (non-hydrogen) atoms. The molecule has 0 saturated heterocycles. The Labute approximate surface area is 121 Å². The molecule has 0 unspecified atom stereocenters. The van der Waals surface area contributed by atoms with Crippen LogP contribution in [0.5, 0.6) is 0 Å². The second-order valence-electron chi connectivity index (χ2n) is 4.62. The molecule has 3 N–H and O–H groups in total. The van der Waals surface area contributed by atoms with E-state index in [1.54, 1.807) is 0 Å². The number of carbonyl (C=O) groups excluding carboxylic acids is 1. The van der Waals surface area contributed by atoms with Gasteiger partial charge in [-0.3, -0.25) is 4.79 Å². The highest BCUT2D eigenvalue weighted by molar-refractivity contribution is 9.10. The van der Waals surface area contributed by atoms with Crippen LogP contribution >= 0.6 is 15.9 Å². The first-order valence-electron chi connectivity index (χ1n) is 6.09. The predicted octanol–water partition coefficient (Wildman–Crippen LogP) is 2.24. The van der Waals surface area contributed by atoms with Crippen molar-refractivity contribution in [2.75, 3.05) is 32.9 Å². The van der Waals surface area contributed by atoms with Crippen molar-refractivity contribution in [1.29, 1.82) is 0 Å². The summed E-state index contributed by atoms with van der Waals surface area (Å²) in [5.74, 6) is -0.780. The minimum absolute atomic E-state index is 0.0269. The Kier molecular flexibility index (Phi) is 6.24. The number of anilines is 1. The van der Waals surface area contributed by atoms with Crippen LogP contribution in [-0.2, 0) is 0 Å². The van der Waals surface area contributed by atoms with E-state index in [9.17, 15) is 9.18 Å². The molecular formula is C13H19BrFN3O. The molecule has 1 rings (SSSR count). The summed E-state index contributed by atoms with van der Waals surface area (Å²) in [6.07, 6.45) is 1.91. The fraction of sp³-hybridized carbons (Fsp3) is 0.462. The molecule has 1 aromatic rings. The van der Waals surface area contributed by atoms with E-state index in [1.165, 1.54) is 12.1 Å². The maximum absolute atomic E-state index is 13.2. The smallest absolute Gasteiger partial charge is 0.252 e. The lowest BCUT2D eigenvalue weighted by Crippen LogP contribution is -2.25. The molecule has 0 atom stereocenters. The molecule has 106 valence electrons. The monoisotopic (exact) mass is 331 g/mol. The van der Waals surface area contributed by atoms with E-state index >= 15 is 0 Å². The van der Waals surface area contributed by atoms with Crippen LogP contribution in [0.2, 0.25) is 0 Å². The number of rotatable bonds is 6. The third-order valence-corrected chi connectivity index (χ3v) is 3.30. The van der Waals surface area contributed by atoms with Crippen LogP contribution in [0.15, 0.2) is 16.6 Å². The minimum atomic E-state index is -0.533. The molecule has 0 heterocycles. The van der Waals surface area contributed by atoms with E-state index in [0.29, 0.717) is 16.6 Å². The SMILES string of the molecule is CN(C)CCCCNC(=O)c1cc(N)c(F)cc1Br. The van der Waals surface area contributed by atoms with Gasteiger partial charge in [0.05, 0.1) is 11.3 Å². The second-order valence-corrected chi connectivity index (χ2v) is 5.47. The number of hydrogen-bond acceptors (Lipinski definition) is 3. The highest BCUT2D eigenvalue weighted by Gasteiger charge is 2.12. The molecule has 1 amide bonds. The number of amides is 1. The fourth-order valence-corrected chi connectivity index (χ4v) is 2.09. The Hall–Kier alpha value is -1.14. The topological polar surface area (TPSA) is 58.4 Å². The number of nitrogens with zero attached hydrogens (tertiary/aromatic N) is 1. The Morgan fingerprint density at radius 3 is 2.74 bits per heavy atom. The molecule has 6 heteroatoms. The van der Waals surface area contributed by atoms with Gasteiger partial charge < -0.3 is 16.0 Å². The predicted molar refractivity (Wildman–Crippen MR) is 78.6 cm³/mol. The van der Waals surface area contributed by atoms with Crippen LogP contribution in [0, 0.1) is 5.82 Å². The van der Waals surface area contributed by atoms with Crippen LogP contribution in [0.25, 0.3) is 0 Å². The van der Waals surface area contributed by atoms with Gasteiger partial charge in [0.25, 0.3) is 5.91 Å². The first-order valence-corrected chi connectivity index (χ1v) is 6.88. The molecule has 4 nitrogen and oxygen atoms in total. The van der Waals surface area contributed by atoms with Gasteiger partial charge in [-0.05, 0) is 61.5 Å². The molecule has 0 spiro atoms. The van der Waals surface area contributed by atoms with Gasteiger partial charge in [-0.1, -0.05) is 0 Å². The van der Waals surface area contributed by atoms with Crippen molar-refractivity contribution in [2.45, 2.75) is 12.8 Å². The zero-order chi connectivity index (χ0) is 14.4. The zero-order valence-corrected chi connectivity index (χ0v) is 12.8. The third kappa shape index (κ3) is 5.16. The first-order chi connectivity index (χ1) is 8.91. The van der Waals surface area contributed by atoms with Crippen molar-refractivity contribution in [2.24, 2.45) is 0 Å². The average Bonchev–Trinajstić information content (AvgIpc) is 2.32. The summed E-state index contributed by atoms with van der Waals surface area (Å²) in [5, 5.41) is 2.79. The lowest BCUT2D eigenvalue weighted by Gasteiger charge is -2.10. The lowest BCUT2D eigenvalue weighted by atomic mass is 10.2. The van der Waals surface area contributed by atoms with Crippen LogP contribution in [0.4, 0.5) is 10.1 Å². The number of nitrogens with one attached hydrogen (secondary N) is 1. The van der Waals surface area contributed by atoms with E-state index in [0.717, 1.165) is 19.4 Å². The summed E-state index contributed by atoms with van der Waals surface area (Å²) in [7, 11) is 4.02. The van der Waals surface area contributed by atoms with E-state index in [2.05, 4.69) is 26.1 Å². The quantitative estimate of drug-likeness (QED) is 0.620. The van der Waals surface area contributed by atoms with Crippen LogP contribution in [-0.4, -0.2) is 38.0 Å². The van der Waals surface area contributed by atoms with Gasteiger partial charge in [-0.2, -0.15) is 0 Å². The maximum atomic E-state index is 13.2.